The average molecular weight is 363 g/mol. The van der Waals surface area contributed by atoms with Gasteiger partial charge in [0.1, 0.15) is 0 Å². The van der Waals surface area contributed by atoms with Gasteiger partial charge in [0.05, 0.1) is 23.4 Å². The van der Waals surface area contributed by atoms with E-state index in [0.717, 1.165) is 31.1 Å². The van der Waals surface area contributed by atoms with Crippen molar-refractivity contribution in [3.63, 3.8) is 0 Å². The molecule has 1 aliphatic carbocycles. The Labute approximate surface area is 152 Å². The lowest BCUT2D eigenvalue weighted by Gasteiger charge is -2.43. The maximum Gasteiger partial charge on any atom is 0.0972 e. The van der Waals surface area contributed by atoms with E-state index in [1.54, 1.807) is 11.3 Å². The lowest BCUT2D eigenvalue weighted by Crippen LogP contribution is -2.52. The van der Waals surface area contributed by atoms with Crippen LogP contribution in [0.1, 0.15) is 41.9 Å². The standard InChI is InChI=1S/C19H23ClN2OS/c20-15-7-5-14(6-8-15)11-19-21-16(13-24-19)12-22-9-10-23-18-4-2-1-3-17(18)22/h5-8,13,17-18H,1-4,9-12H2. The van der Waals surface area contributed by atoms with Gasteiger partial charge < -0.3 is 4.74 Å². The van der Waals surface area contributed by atoms with Crippen LogP contribution in [-0.4, -0.2) is 35.2 Å². The van der Waals surface area contributed by atoms with Crippen LogP contribution in [0.4, 0.5) is 0 Å². The summed E-state index contributed by atoms with van der Waals surface area (Å²) in [6.07, 6.45) is 6.47. The summed E-state index contributed by atoms with van der Waals surface area (Å²) in [5.74, 6) is 0. The number of rotatable bonds is 4. The number of hydrogen-bond acceptors (Lipinski definition) is 4. The van der Waals surface area contributed by atoms with Gasteiger partial charge in [0.25, 0.3) is 0 Å². The highest BCUT2D eigenvalue weighted by molar-refractivity contribution is 7.09. The molecule has 2 aromatic rings. The summed E-state index contributed by atoms with van der Waals surface area (Å²) in [6.45, 7) is 2.86. The minimum Gasteiger partial charge on any atom is -0.375 e. The van der Waals surface area contributed by atoms with Crippen molar-refractivity contribution in [2.75, 3.05) is 13.2 Å². The predicted molar refractivity (Wildman–Crippen MR) is 98.8 cm³/mol. The fourth-order valence-electron chi connectivity index (χ4n) is 3.86. The molecule has 128 valence electrons. The first-order valence-electron chi connectivity index (χ1n) is 8.81. The van der Waals surface area contributed by atoms with E-state index in [0.29, 0.717) is 12.1 Å². The first-order chi connectivity index (χ1) is 11.8. The van der Waals surface area contributed by atoms with Crippen LogP contribution in [0.15, 0.2) is 29.6 Å². The van der Waals surface area contributed by atoms with Gasteiger partial charge in [-0.05, 0) is 30.5 Å². The SMILES string of the molecule is Clc1ccc(Cc2nc(CN3CCOC4CCCCC43)cs2)cc1. The smallest absolute Gasteiger partial charge is 0.0972 e. The Bertz CT molecular complexity index is 670. The summed E-state index contributed by atoms with van der Waals surface area (Å²) < 4.78 is 5.97. The number of halogens is 1. The third-order valence-corrected chi connectivity index (χ3v) is 6.23. The number of aromatic nitrogens is 1. The molecule has 2 unspecified atom stereocenters. The third-order valence-electron chi connectivity index (χ3n) is 5.08. The molecule has 1 saturated carbocycles. The van der Waals surface area contributed by atoms with E-state index in [-0.39, 0.29) is 0 Å². The van der Waals surface area contributed by atoms with Crippen molar-refractivity contribution in [2.45, 2.75) is 50.8 Å². The van der Waals surface area contributed by atoms with Crippen molar-refractivity contribution in [2.24, 2.45) is 0 Å². The average Bonchev–Trinajstić information content (AvgIpc) is 3.04. The molecule has 2 fully saturated rings. The third kappa shape index (κ3) is 3.83. The predicted octanol–water partition coefficient (Wildman–Crippen LogP) is 4.53. The molecule has 3 nitrogen and oxygen atoms in total. The molecule has 1 aromatic heterocycles. The highest BCUT2D eigenvalue weighted by Crippen LogP contribution is 2.29. The number of ether oxygens (including phenoxy) is 1. The zero-order valence-corrected chi connectivity index (χ0v) is 15.4. The van der Waals surface area contributed by atoms with Crippen LogP contribution in [0, 0.1) is 0 Å². The zero-order chi connectivity index (χ0) is 16.4. The van der Waals surface area contributed by atoms with Gasteiger partial charge in [0.15, 0.2) is 0 Å². The Morgan fingerprint density at radius 2 is 2.04 bits per heavy atom. The van der Waals surface area contributed by atoms with E-state index in [2.05, 4.69) is 22.4 Å². The van der Waals surface area contributed by atoms with Crippen molar-refractivity contribution >= 4 is 22.9 Å². The molecule has 2 aliphatic rings. The molecule has 0 N–H and O–H groups in total. The van der Waals surface area contributed by atoms with Gasteiger partial charge in [0.2, 0.25) is 0 Å². The number of benzene rings is 1. The van der Waals surface area contributed by atoms with E-state index < -0.39 is 0 Å². The van der Waals surface area contributed by atoms with E-state index in [1.165, 1.54) is 41.9 Å². The largest absolute Gasteiger partial charge is 0.375 e. The van der Waals surface area contributed by atoms with E-state index in [1.807, 2.05) is 12.1 Å². The minimum absolute atomic E-state index is 0.444. The maximum atomic E-state index is 5.97. The minimum atomic E-state index is 0.444. The lowest BCUT2D eigenvalue weighted by molar-refractivity contribution is -0.0914. The molecule has 1 saturated heterocycles. The molecule has 4 rings (SSSR count). The van der Waals surface area contributed by atoms with Gasteiger partial charge in [-0.2, -0.15) is 0 Å². The van der Waals surface area contributed by atoms with Crippen molar-refractivity contribution < 1.29 is 4.74 Å². The highest BCUT2D eigenvalue weighted by Gasteiger charge is 2.34. The Hall–Kier alpha value is -0.940. The first kappa shape index (κ1) is 16.5. The monoisotopic (exact) mass is 362 g/mol. The Morgan fingerprint density at radius 1 is 1.21 bits per heavy atom. The van der Waals surface area contributed by atoms with Crippen molar-refractivity contribution in [1.82, 2.24) is 9.88 Å². The summed E-state index contributed by atoms with van der Waals surface area (Å²) in [5, 5.41) is 4.19. The van der Waals surface area contributed by atoms with Gasteiger partial charge in [-0.1, -0.05) is 36.6 Å². The van der Waals surface area contributed by atoms with Gasteiger partial charge in [-0.15, -0.1) is 11.3 Å². The molecule has 0 spiro atoms. The van der Waals surface area contributed by atoms with Crippen molar-refractivity contribution in [3.8, 4) is 0 Å². The second-order valence-corrected chi connectivity index (χ2v) is 8.15. The van der Waals surface area contributed by atoms with Crippen LogP contribution in [0.5, 0.6) is 0 Å². The van der Waals surface area contributed by atoms with Crippen LogP contribution in [0.2, 0.25) is 5.02 Å². The Kier molecular flexibility index (Phi) is 5.18. The van der Waals surface area contributed by atoms with Crippen LogP contribution in [0.25, 0.3) is 0 Å². The number of hydrogen-bond donors (Lipinski definition) is 0. The fourth-order valence-corrected chi connectivity index (χ4v) is 4.81. The van der Waals surface area contributed by atoms with Crippen LogP contribution in [-0.2, 0) is 17.7 Å². The summed E-state index contributed by atoms with van der Waals surface area (Å²) in [4.78, 5) is 7.45. The number of nitrogens with zero attached hydrogens (tertiary/aromatic N) is 2. The molecule has 0 amide bonds. The molecular formula is C19H23ClN2OS. The van der Waals surface area contributed by atoms with Crippen LogP contribution in [0.3, 0.4) is 0 Å². The quantitative estimate of drug-likeness (QED) is 0.798. The molecular weight excluding hydrogens is 340 g/mol. The molecule has 0 bridgehead atoms. The zero-order valence-electron chi connectivity index (χ0n) is 13.8. The topological polar surface area (TPSA) is 25.4 Å². The Balaban J connectivity index is 1.40. The van der Waals surface area contributed by atoms with Gasteiger partial charge >= 0.3 is 0 Å². The number of thiazole rings is 1. The molecule has 1 aliphatic heterocycles. The lowest BCUT2D eigenvalue weighted by atomic mass is 9.90. The summed E-state index contributed by atoms with van der Waals surface area (Å²) >= 11 is 7.72. The van der Waals surface area contributed by atoms with Crippen molar-refractivity contribution in [3.05, 3.63) is 50.9 Å². The summed E-state index contributed by atoms with van der Waals surface area (Å²) in [5.41, 5.74) is 2.47. The van der Waals surface area contributed by atoms with Gasteiger partial charge in [0, 0.05) is 36.0 Å². The molecule has 2 heterocycles. The van der Waals surface area contributed by atoms with Gasteiger partial charge in [-0.25, -0.2) is 4.98 Å². The molecule has 0 radical (unpaired) electrons. The van der Waals surface area contributed by atoms with E-state index in [9.17, 15) is 0 Å². The highest BCUT2D eigenvalue weighted by atomic mass is 35.5. The molecule has 24 heavy (non-hydrogen) atoms. The number of morpholine rings is 1. The van der Waals surface area contributed by atoms with E-state index in [4.69, 9.17) is 21.3 Å². The second-order valence-electron chi connectivity index (χ2n) is 6.77. The molecule has 5 heteroatoms. The van der Waals surface area contributed by atoms with Gasteiger partial charge in [-0.3, -0.25) is 4.90 Å². The van der Waals surface area contributed by atoms with Crippen LogP contribution < -0.4 is 0 Å². The second kappa shape index (κ2) is 7.52. The van der Waals surface area contributed by atoms with E-state index >= 15 is 0 Å². The fraction of sp³-hybridized carbons (Fsp3) is 0.526. The first-order valence-corrected chi connectivity index (χ1v) is 10.1. The molecule has 1 aromatic carbocycles. The van der Waals surface area contributed by atoms with Crippen molar-refractivity contribution in [1.29, 1.82) is 0 Å². The number of fused-ring (bicyclic) bond motifs is 1. The normalized spacial score (nSPS) is 24.7. The maximum absolute atomic E-state index is 5.97. The summed E-state index contributed by atoms with van der Waals surface area (Å²) in [6, 6.07) is 8.65. The molecule has 2 atom stereocenters. The Morgan fingerprint density at radius 3 is 2.92 bits per heavy atom. The summed E-state index contributed by atoms with van der Waals surface area (Å²) in [7, 11) is 0. The van der Waals surface area contributed by atoms with Crippen LogP contribution >= 0.6 is 22.9 Å².